The van der Waals surface area contributed by atoms with Crippen molar-refractivity contribution in [3.63, 3.8) is 0 Å². The molecule has 2 atom stereocenters. The molecular weight excluding hydrogens is 505 g/mol. The van der Waals surface area contributed by atoms with Crippen LogP contribution in [0.2, 0.25) is 0 Å². The standard InChI is InChI=1S/C24H31N3O3.HI/c1-17-5-8-19(9-6-17)23-20(4-3-13-28-23)15-27-24(25-2)26-12-11-18-7-10-21-22(14-18)30-16-29-21;/h5-10,14,20,23H,3-4,11-13,15-16H2,1-2H3,(H2,25,26,27);1H. The zero-order chi connectivity index (χ0) is 20.8. The number of hydrogen-bond acceptors (Lipinski definition) is 4. The van der Waals surface area contributed by atoms with E-state index in [0.29, 0.717) is 12.7 Å². The Morgan fingerprint density at radius 3 is 2.68 bits per heavy atom. The minimum Gasteiger partial charge on any atom is -0.454 e. The average Bonchev–Trinajstić information content (AvgIpc) is 3.25. The van der Waals surface area contributed by atoms with Gasteiger partial charge in [-0.15, -0.1) is 24.0 Å². The zero-order valence-corrected chi connectivity index (χ0v) is 20.6. The molecule has 0 radical (unpaired) electrons. The molecule has 2 unspecified atom stereocenters. The topological polar surface area (TPSA) is 64.1 Å². The van der Waals surface area contributed by atoms with Gasteiger partial charge in [0.05, 0.1) is 6.10 Å². The minimum absolute atomic E-state index is 0. The van der Waals surface area contributed by atoms with E-state index in [9.17, 15) is 0 Å². The first-order valence-electron chi connectivity index (χ1n) is 10.7. The van der Waals surface area contributed by atoms with Gasteiger partial charge in [0.25, 0.3) is 0 Å². The zero-order valence-electron chi connectivity index (χ0n) is 18.2. The van der Waals surface area contributed by atoms with Crippen molar-refractivity contribution in [1.29, 1.82) is 0 Å². The number of aliphatic imine (C=N–C) groups is 1. The molecule has 0 bridgehead atoms. The van der Waals surface area contributed by atoms with Crippen molar-refractivity contribution in [1.82, 2.24) is 10.6 Å². The van der Waals surface area contributed by atoms with Crippen molar-refractivity contribution in [2.45, 2.75) is 32.3 Å². The molecule has 1 fully saturated rings. The van der Waals surface area contributed by atoms with Gasteiger partial charge in [-0.2, -0.15) is 0 Å². The van der Waals surface area contributed by atoms with Gasteiger partial charge in [-0.1, -0.05) is 35.9 Å². The molecule has 168 valence electrons. The number of rotatable bonds is 6. The van der Waals surface area contributed by atoms with E-state index in [1.807, 2.05) is 19.2 Å². The fourth-order valence-electron chi connectivity index (χ4n) is 4.05. The molecule has 2 heterocycles. The Balaban J connectivity index is 0.00000272. The predicted octanol–water partition coefficient (Wildman–Crippen LogP) is 4.22. The van der Waals surface area contributed by atoms with Crippen molar-refractivity contribution in [2.24, 2.45) is 10.9 Å². The molecular formula is C24H32IN3O3. The van der Waals surface area contributed by atoms with Crippen molar-refractivity contribution in [3.05, 3.63) is 59.2 Å². The van der Waals surface area contributed by atoms with E-state index in [-0.39, 0.29) is 30.1 Å². The summed E-state index contributed by atoms with van der Waals surface area (Å²) in [6, 6.07) is 14.8. The van der Waals surface area contributed by atoms with Crippen LogP contribution >= 0.6 is 24.0 Å². The third kappa shape index (κ3) is 6.26. The Morgan fingerprint density at radius 2 is 1.87 bits per heavy atom. The van der Waals surface area contributed by atoms with Crippen LogP contribution in [0.25, 0.3) is 0 Å². The van der Waals surface area contributed by atoms with Gasteiger partial charge in [-0.05, 0) is 49.4 Å². The summed E-state index contributed by atoms with van der Waals surface area (Å²) < 4.78 is 17.0. The molecule has 7 heteroatoms. The molecule has 6 nitrogen and oxygen atoms in total. The third-order valence-corrected chi connectivity index (χ3v) is 5.75. The van der Waals surface area contributed by atoms with Crippen LogP contribution in [-0.2, 0) is 11.2 Å². The monoisotopic (exact) mass is 537 g/mol. The van der Waals surface area contributed by atoms with E-state index in [4.69, 9.17) is 14.2 Å². The van der Waals surface area contributed by atoms with Gasteiger partial charge in [0.15, 0.2) is 17.5 Å². The molecule has 0 spiro atoms. The highest BCUT2D eigenvalue weighted by Gasteiger charge is 2.27. The predicted molar refractivity (Wildman–Crippen MR) is 134 cm³/mol. The maximum Gasteiger partial charge on any atom is 0.231 e. The Hall–Kier alpha value is -2.00. The quantitative estimate of drug-likeness (QED) is 0.329. The van der Waals surface area contributed by atoms with Crippen LogP contribution in [0.15, 0.2) is 47.5 Å². The minimum atomic E-state index is 0. The van der Waals surface area contributed by atoms with Gasteiger partial charge in [-0.25, -0.2) is 0 Å². The second kappa shape index (κ2) is 11.6. The smallest absolute Gasteiger partial charge is 0.231 e. The Kier molecular flexibility index (Phi) is 8.83. The number of hydrogen-bond donors (Lipinski definition) is 2. The van der Waals surface area contributed by atoms with Crippen LogP contribution in [0.3, 0.4) is 0 Å². The number of nitrogens with one attached hydrogen (secondary N) is 2. The molecule has 2 aromatic rings. The summed E-state index contributed by atoms with van der Waals surface area (Å²) in [5.74, 6) is 2.90. The maximum atomic E-state index is 6.14. The molecule has 2 aromatic carbocycles. The van der Waals surface area contributed by atoms with Gasteiger partial charge in [-0.3, -0.25) is 4.99 Å². The molecule has 4 rings (SSSR count). The first-order valence-corrected chi connectivity index (χ1v) is 10.7. The Labute approximate surface area is 201 Å². The lowest BCUT2D eigenvalue weighted by molar-refractivity contribution is -0.0265. The van der Waals surface area contributed by atoms with Crippen LogP contribution in [0.5, 0.6) is 11.5 Å². The molecule has 2 aliphatic heterocycles. The summed E-state index contributed by atoms with van der Waals surface area (Å²) in [6.45, 7) is 4.88. The first kappa shape index (κ1) is 23.7. The molecule has 0 saturated carbocycles. The molecule has 31 heavy (non-hydrogen) atoms. The fourth-order valence-corrected chi connectivity index (χ4v) is 4.05. The molecule has 0 aromatic heterocycles. The highest BCUT2D eigenvalue weighted by atomic mass is 127. The van der Waals surface area contributed by atoms with E-state index in [0.717, 1.165) is 56.4 Å². The summed E-state index contributed by atoms with van der Waals surface area (Å²) in [5.41, 5.74) is 3.75. The highest BCUT2D eigenvalue weighted by molar-refractivity contribution is 14.0. The second-order valence-electron chi connectivity index (χ2n) is 7.92. The molecule has 2 aliphatic rings. The lowest BCUT2D eigenvalue weighted by Gasteiger charge is -2.32. The van der Waals surface area contributed by atoms with Gasteiger partial charge >= 0.3 is 0 Å². The van der Waals surface area contributed by atoms with Crippen LogP contribution in [0.1, 0.15) is 35.6 Å². The van der Waals surface area contributed by atoms with Crippen molar-refractivity contribution in [3.8, 4) is 11.5 Å². The van der Waals surface area contributed by atoms with Gasteiger partial charge in [0, 0.05) is 32.7 Å². The molecule has 0 amide bonds. The summed E-state index contributed by atoms with van der Waals surface area (Å²) >= 11 is 0. The number of aryl methyl sites for hydroxylation is 1. The Morgan fingerprint density at radius 1 is 1.06 bits per heavy atom. The van der Waals surface area contributed by atoms with E-state index >= 15 is 0 Å². The van der Waals surface area contributed by atoms with Gasteiger partial charge in [0.2, 0.25) is 6.79 Å². The summed E-state index contributed by atoms with van der Waals surface area (Å²) in [6.07, 6.45) is 3.28. The third-order valence-electron chi connectivity index (χ3n) is 5.75. The van der Waals surface area contributed by atoms with Gasteiger partial charge < -0.3 is 24.8 Å². The summed E-state index contributed by atoms with van der Waals surface area (Å²) in [7, 11) is 1.81. The van der Waals surface area contributed by atoms with E-state index < -0.39 is 0 Å². The van der Waals surface area contributed by atoms with Crippen molar-refractivity contribution >= 4 is 29.9 Å². The Bertz CT molecular complexity index is 873. The lowest BCUT2D eigenvalue weighted by atomic mass is 9.89. The van der Waals surface area contributed by atoms with Crippen LogP contribution in [0.4, 0.5) is 0 Å². The van der Waals surface area contributed by atoms with Crippen molar-refractivity contribution in [2.75, 3.05) is 33.5 Å². The first-order chi connectivity index (χ1) is 14.7. The average molecular weight is 537 g/mol. The largest absolute Gasteiger partial charge is 0.454 e. The highest BCUT2D eigenvalue weighted by Crippen LogP contribution is 2.34. The number of fused-ring (bicyclic) bond motifs is 1. The number of ether oxygens (including phenoxy) is 3. The number of halogens is 1. The number of benzene rings is 2. The van der Waals surface area contributed by atoms with Crippen molar-refractivity contribution < 1.29 is 14.2 Å². The molecule has 0 aliphatic carbocycles. The fraction of sp³-hybridized carbons (Fsp3) is 0.458. The molecule has 1 saturated heterocycles. The van der Waals surface area contributed by atoms with E-state index in [1.54, 1.807) is 0 Å². The lowest BCUT2D eigenvalue weighted by Crippen LogP contribution is -2.42. The maximum absolute atomic E-state index is 6.14. The van der Waals surface area contributed by atoms with E-state index in [1.165, 1.54) is 16.7 Å². The second-order valence-corrected chi connectivity index (χ2v) is 7.92. The summed E-state index contributed by atoms with van der Waals surface area (Å²) in [5, 5.41) is 6.91. The van der Waals surface area contributed by atoms with Crippen LogP contribution < -0.4 is 20.1 Å². The van der Waals surface area contributed by atoms with Crippen LogP contribution in [0, 0.1) is 12.8 Å². The number of nitrogens with zero attached hydrogens (tertiary/aromatic N) is 1. The normalized spacial score (nSPS) is 20.1. The number of guanidine groups is 1. The van der Waals surface area contributed by atoms with E-state index in [2.05, 4.69) is 52.9 Å². The van der Waals surface area contributed by atoms with Crippen LogP contribution in [-0.4, -0.2) is 39.5 Å². The van der Waals surface area contributed by atoms with Gasteiger partial charge in [0.1, 0.15) is 0 Å². The summed E-state index contributed by atoms with van der Waals surface area (Å²) in [4.78, 5) is 4.38. The molecule has 2 N–H and O–H groups in total. The SMILES string of the molecule is CN=C(NCCc1ccc2c(c1)OCO2)NCC1CCCOC1c1ccc(C)cc1.I.